The lowest BCUT2D eigenvalue weighted by molar-refractivity contribution is 0.263. The van der Waals surface area contributed by atoms with Gasteiger partial charge >= 0.3 is 0 Å². The molecule has 1 aliphatic heterocycles. The molecule has 1 heterocycles. The number of benzene rings is 1. The molecule has 0 bridgehead atoms. The molecular formula is C15H21NO. The maximum atomic E-state index is 5.79. The Hall–Kier alpha value is -1.31. The van der Waals surface area contributed by atoms with Crippen molar-refractivity contribution in [3.8, 4) is 0 Å². The molecule has 0 spiro atoms. The Bertz CT molecular complexity index is 458. The normalized spacial score (nSPS) is 18.8. The third kappa shape index (κ3) is 2.21. The van der Waals surface area contributed by atoms with Crippen LogP contribution < -0.4 is 0 Å². The molecule has 2 heteroatoms. The zero-order valence-corrected chi connectivity index (χ0v) is 11.4. The molecule has 1 aromatic rings. The molecule has 0 aromatic heterocycles. The third-order valence-corrected chi connectivity index (χ3v) is 3.32. The highest BCUT2D eigenvalue weighted by molar-refractivity contribution is 5.89. The lowest BCUT2D eigenvalue weighted by Crippen LogP contribution is -2.30. The van der Waals surface area contributed by atoms with Gasteiger partial charge < -0.3 is 4.74 Å². The summed E-state index contributed by atoms with van der Waals surface area (Å²) < 4.78 is 5.79. The quantitative estimate of drug-likeness (QED) is 0.763. The van der Waals surface area contributed by atoms with Gasteiger partial charge in [0.05, 0.1) is 11.0 Å². The average Bonchev–Trinajstić information content (AvgIpc) is 2.60. The number of hydrogen-bond acceptors (Lipinski definition) is 2. The van der Waals surface area contributed by atoms with E-state index in [0.29, 0.717) is 6.61 Å². The molecule has 0 atom stereocenters. The molecule has 0 N–H and O–H groups in total. The van der Waals surface area contributed by atoms with Gasteiger partial charge in [0.25, 0.3) is 0 Å². The zero-order chi connectivity index (χ0) is 12.7. The summed E-state index contributed by atoms with van der Waals surface area (Å²) in [5, 5.41) is 0. The van der Waals surface area contributed by atoms with E-state index >= 15 is 0 Å². The van der Waals surface area contributed by atoms with E-state index in [1.54, 1.807) is 0 Å². The van der Waals surface area contributed by atoms with E-state index in [-0.39, 0.29) is 11.0 Å². The van der Waals surface area contributed by atoms with Crippen molar-refractivity contribution in [2.45, 2.75) is 45.6 Å². The summed E-state index contributed by atoms with van der Waals surface area (Å²) >= 11 is 0. The predicted octanol–water partition coefficient (Wildman–Crippen LogP) is 3.48. The highest BCUT2D eigenvalue weighted by Gasteiger charge is 2.37. The van der Waals surface area contributed by atoms with Crippen LogP contribution in [0.25, 0.3) is 0 Å². The van der Waals surface area contributed by atoms with Crippen molar-refractivity contribution in [2.24, 2.45) is 4.99 Å². The van der Waals surface area contributed by atoms with Crippen LogP contribution in [0.3, 0.4) is 0 Å². The first kappa shape index (κ1) is 12.2. The van der Waals surface area contributed by atoms with Gasteiger partial charge in [-0.05, 0) is 45.7 Å². The molecule has 17 heavy (non-hydrogen) atoms. The van der Waals surface area contributed by atoms with Crippen LogP contribution in [-0.4, -0.2) is 18.0 Å². The fourth-order valence-corrected chi connectivity index (χ4v) is 2.29. The van der Waals surface area contributed by atoms with E-state index in [9.17, 15) is 0 Å². The summed E-state index contributed by atoms with van der Waals surface area (Å²) in [5.74, 6) is 0.858. The monoisotopic (exact) mass is 231 g/mol. The van der Waals surface area contributed by atoms with E-state index in [2.05, 4.69) is 58.9 Å². The van der Waals surface area contributed by atoms with E-state index in [4.69, 9.17) is 9.73 Å². The van der Waals surface area contributed by atoms with Crippen molar-refractivity contribution in [3.05, 3.63) is 35.4 Å². The van der Waals surface area contributed by atoms with Crippen LogP contribution in [0.5, 0.6) is 0 Å². The Morgan fingerprint density at radius 3 is 2.41 bits per heavy atom. The molecule has 0 aliphatic carbocycles. The maximum absolute atomic E-state index is 5.79. The molecule has 2 nitrogen and oxygen atoms in total. The molecule has 2 rings (SSSR count). The van der Waals surface area contributed by atoms with Crippen LogP contribution >= 0.6 is 0 Å². The van der Waals surface area contributed by atoms with Gasteiger partial charge in [-0.2, -0.15) is 0 Å². The number of nitrogens with zero attached hydrogens (tertiary/aromatic N) is 1. The molecule has 0 radical (unpaired) electrons. The second-order valence-corrected chi connectivity index (χ2v) is 5.96. The summed E-state index contributed by atoms with van der Waals surface area (Å²) in [7, 11) is 0. The Morgan fingerprint density at radius 2 is 1.88 bits per heavy atom. The Labute approximate surface area is 104 Å². The second-order valence-electron chi connectivity index (χ2n) is 5.96. The molecule has 1 aromatic carbocycles. The van der Waals surface area contributed by atoms with Crippen LogP contribution in [-0.2, 0) is 10.2 Å². The number of hydrogen-bond donors (Lipinski definition) is 0. The van der Waals surface area contributed by atoms with Gasteiger partial charge in [-0.1, -0.05) is 24.3 Å². The van der Waals surface area contributed by atoms with Crippen LogP contribution in [0, 0.1) is 6.92 Å². The fraction of sp³-hybridized carbons (Fsp3) is 0.533. The number of ether oxygens (including phenoxy) is 1. The SMILES string of the molecule is Cc1ccccc1C(C)(C)C1=NC(C)(C)CO1. The molecule has 0 unspecified atom stereocenters. The van der Waals surface area contributed by atoms with Gasteiger partial charge in [0.2, 0.25) is 0 Å². The Balaban J connectivity index is 2.41. The molecule has 0 saturated heterocycles. The van der Waals surface area contributed by atoms with E-state index in [1.165, 1.54) is 11.1 Å². The summed E-state index contributed by atoms with van der Waals surface area (Å²) in [6.45, 7) is 11.4. The minimum Gasteiger partial charge on any atom is -0.478 e. The molecule has 1 aliphatic rings. The standard InChI is InChI=1S/C15H21NO/c1-11-8-6-7-9-12(11)15(4,5)13-16-14(2,3)10-17-13/h6-9H,10H2,1-5H3. The number of aliphatic imine (C=N–C) groups is 1. The highest BCUT2D eigenvalue weighted by atomic mass is 16.5. The fourth-order valence-electron chi connectivity index (χ4n) is 2.29. The van der Waals surface area contributed by atoms with Crippen molar-refractivity contribution in [2.75, 3.05) is 6.61 Å². The van der Waals surface area contributed by atoms with Gasteiger partial charge in [0, 0.05) is 0 Å². The van der Waals surface area contributed by atoms with Crippen molar-refractivity contribution in [1.29, 1.82) is 0 Å². The van der Waals surface area contributed by atoms with Gasteiger partial charge in [-0.3, -0.25) is 0 Å². The van der Waals surface area contributed by atoms with Gasteiger partial charge in [-0.15, -0.1) is 0 Å². The lowest BCUT2D eigenvalue weighted by Gasteiger charge is -2.26. The zero-order valence-electron chi connectivity index (χ0n) is 11.4. The number of rotatable bonds is 2. The predicted molar refractivity (Wildman–Crippen MR) is 71.7 cm³/mol. The van der Waals surface area contributed by atoms with Crippen LogP contribution in [0.2, 0.25) is 0 Å². The van der Waals surface area contributed by atoms with Crippen molar-refractivity contribution in [3.63, 3.8) is 0 Å². The van der Waals surface area contributed by atoms with E-state index < -0.39 is 0 Å². The van der Waals surface area contributed by atoms with Crippen LogP contribution in [0.15, 0.2) is 29.3 Å². The Morgan fingerprint density at radius 1 is 1.24 bits per heavy atom. The average molecular weight is 231 g/mol. The van der Waals surface area contributed by atoms with Crippen molar-refractivity contribution < 1.29 is 4.74 Å². The van der Waals surface area contributed by atoms with Crippen molar-refractivity contribution in [1.82, 2.24) is 0 Å². The first-order valence-electron chi connectivity index (χ1n) is 6.12. The topological polar surface area (TPSA) is 21.6 Å². The lowest BCUT2D eigenvalue weighted by atomic mass is 9.82. The molecule has 0 fully saturated rings. The maximum Gasteiger partial charge on any atom is 0.194 e. The van der Waals surface area contributed by atoms with Crippen LogP contribution in [0.4, 0.5) is 0 Å². The van der Waals surface area contributed by atoms with Gasteiger partial charge in [0.1, 0.15) is 6.61 Å². The minimum absolute atomic E-state index is 0.0880. The van der Waals surface area contributed by atoms with Crippen molar-refractivity contribution >= 4 is 5.90 Å². The molecular weight excluding hydrogens is 210 g/mol. The van der Waals surface area contributed by atoms with Crippen LogP contribution in [0.1, 0.15) is 38.8 Å². The summed E-state index contributed by atoms with van der Waals surface area (Å²) in [4.78, 5) is 4.70. The number of aryl methyl sites for hydroxylation is 1. The summed E-state index contributed by atoms with van der Waals surface area (Å²) in [6.07, 6.45) is 0. The first-order valence-corrected chi connectivity index (χ1v) is 6.12. The van der Waals surface area contributed by atoms with Gasteiger partial charge in [-0.25, -0.2) is 4.99 Å². The third-order valence-electron chi connectivity index (χ3n) is 3.32. The molecule has 0 saturated carbocycles. The minimum atomic E-state index is -0.154. The second kappa shape index (κ2) is 3.86. The molecule has 0 amide bonds. The van der Waals surface area contributed by atoms with Gasteiger partial charge in [0.15, 0.2) is 5.90 Å². The van der Waals surface area contributed by atoms with E-state index in [1.807, 2.05) is 0 Å². The summed E-state index contributed by atoms with van der Waals surface area (Å²) in [6, 6.07) is 8.44. The van der Waals surface area contributed by atoms with E-state index in [0.717, 1.165) is 5.90 Å². The Kier molecular flexibility index (Phi) is 2.76. The highest BCUT2D eigenvalue weighted by Crippen LogP contribution is 2.32. The first-order chi connectivity index (χ1) is 7.83. The summed E-state index contributed by atoms with van der Waals surface area (Å²) in [5.41, 5.74) is 2.33. The molecule has 92 valence electrons. The smallest absolute Gasteiger partial charge is 0.194 e. The largest absolute Gasteiger partial charge is 0.478 e.